The Kier molecular flexibility index (Phi) is 3.80. The van der Waals surface area contributed by atoms with E-state index in [1.165, 1.54) is 24.6 Å². The van der Waals surface area contributed by atoms with Crippen LogP contribution in [0.25, 0.3) is 0 Å². The molecule has 0 aliphatic heterocycles. The van der Waals surface area contributed by atoms with Gasteiger partial charge in [-0.15, -0.1) is 0 Å². The molecule has 2 rings (SSSR count). The first kappa shape index (κ1) is 14.2. The van der Waals surface area contributed by atoms with E-state index in [0.29, 0.717) is 12.4 Å². The maximum Gasteiger partial charge on any atom is 0.244 e. The molecule has 1 aromatic heterocycles. The van der Waals surface area contributed by atoms with Crippen LogP contribution in [0.5, 0.6) is 0 Å². The van der Waals surface area contributed by atoms with E-state index in [1.54, 1.807) is 12.1 Å². The first-order chi connectivity index (χ1) is 8.89. The highest BCUT2D eigenvalue weighted by Crippen LogP contribution is 2.44. The first-order valence-corrected chi connectivity index (χ1v) is 7.66. The average Bonchev–Trinajstić information content (AvgIpc) is 3.17. The van der Waals surface area contributed by atoms with Crippen LogP contribution in [0.15, 0.2) is 23.2 Å². The molecule has 0 amide bonds. The van der Waals surface area contributed by atoms with E-state index in [4.69, 9.17) is 5.73 Å². The standard InChI is InChI=1S/C12H20N4O2S/c1-16(2)19(17,18)10-3-4-11(14-7-10)15-9-12(8-13)5-6-12/h3-4,7H,5-6,8-9,13H2,1-2H3,(H,14,15). The fourth-order valence-electron chi connectivity index (χ4n) is 1.76. The van der Waals surface area contributed by atoms with Crippen LogP contribution in [0, 0.1) is 5.41 Å². The minimum absolute atomic E-state index is 0.197. The molecular formula is C12H20N4O2S. The molecule has 1 heterocycles. The van der Waals surface area contributed by atoms with Crippen LogP contribution >= 0.6 is 0 Å². The number of aromatic nitrogens is 1. The van der Waals surface area contributed by atoms with Gasteiger partial charge in [0.1, 0.15) is 10.7 Å². The lowest BCUT2D eigenvalue weighted by Gasteiger charge is -2.14. The second-order valence-corrected chi connectivity index (χ2v) is 7.38. The van der Waals surface area contributed by atoms with Crippen LogP contribution in [0.2, 0.25) is 0 Å². The molecule has 1 fully saturated rings. The molecule has 1 saturated carbocycles. The van der Waals surface area contributed by atoms with Gasteiger partial charge in [0, 0.05) is 26.8 Å². The number of pyridine rings is 1. The smallest absolute Gasteiger partial charge is 0.244 e. The summed E-state index contributed by atoms with van der Waals surface area (Å²) in [4.78, 5) is 4.33. The lowest BCUT2D eigenvalue weighted by molar-refractivity contribution is 0.520. The summed E-state index contributed by atoms with van der Waals surface area (Å²) in [5, 5.41) is 3.21. The largest absolute Gasteiger partial charge is 0.369 e. The average molecular weight is 284 g/mol. The number of anilines is 1. The molecule has 0 aromatic carbocycles. The maximum absolute atomic E-state index is 11.9. The topological polar surface area (TPSA) is 88.3 Å². The number of sulfonamides is 1. The Morgan fingerprint density at radius 1 is 1.42 bits per heavy atom. The van der Waals surface area contributed by atoms with Crippen molar-refractivity contribution in [1.29, 1.82) is 0 Å². The van der Waals surface area contributed by atoms with Crippen molar-refractivity contribution < 1.29 is 8.42 Å². The van der Waals surface area contributed by atoms with E-state index in [2.05, 4.69) is 10.3 Å². The van der Waals surface area contributed by atoms with Gasteiger partial charge >= 0.3 is 0 Å². The van der Waals surface area contributed by atoms with Gasteiger partial charge in [0.05, 0.1) is 0 Å². The van der Waals surface area contributed by atoms with E-state index >= 15 is 0 Å². The second kappa shape index (κ2) is 5.07. The molecule has 3 N–H and O–H groups in total. The lowest BCUT2D eigenvalue weighted by atomic mass is 10.1. The second-order valence-electron chi connectivity index (χ2n) is 5.22. The Labute approximate surface area is 114 Å². The van der Waals surface area contributed by atoms with Crippen molar-refractivity contribution in [1.82, 2.24) is 9.29 Å². The zero-order chi connectivity index (χ0) is 14.1. The molecule has 19 heavy (non-hydrogen) atoms. The monoisotopic (exact) mass is 284 g/mol. The minimum atomic E-state index is -3.41. The van der Waals surface area contributed by atoms with Crippen molar-refractivity contribution in [3.63, 3.8) is 0 Å². The van der Waals surface area contributed by atoms with Gasteiger partial charge in [-0.25, -0.2) is 17.7 Å². The van der Waals surface area contributed by atoms with Gasteiger partial charge in [-0.2, -0.15) is 0 Å². The lowest BCUT2D eigenvalue weighted by Crippen LogP contribution is -2.25. The van der Waals surface area contributed by atoms with Gasteiger partial charge < -0.3 is 11.1 Å². The predicted molar refractivity (Wildman–Crippen MR) is 74.3 cm³/mol. The molecular weight excluding hydrogens is 264 g/mol. The number of nitrogens with one attached hydrogen (secondary N) is 1. The van der Waals surface area contributed by atoms with Crippen LogP contribution in [0.1, 0.15) is 12.8 Å². The molecule has 6 nitrogen and oxygen atoms in total. The van der Waals surface area contributed by atoms with E-state index in [1.807, 2.05) is 0 Å². The summed E-state index contributed by atoms with van der Waals surface area (Å²) >= 11 is 0. The molecule has 0 unspecified atom stereocenters. The van der Waals surface area contributed by atoms with Crippen molar-refractivity contribution in [2.45, 2.75) is 17.7 Å². The normalized spacial score (nSPS) is 17.5. The molecule has 1 aromatic rings. The van der Waals surface area contributed by atoms with E-state index in [0.717, 1.165) is 19.4 Å². The van der Waals surface area contributed by atoms with Gasteiger partial charge in [-0.05, 0) is 36.9 Å². The van der Waals surface area contributed by atoms with Crippen LogP contribution in [0.4, 0.5) is 5.82 Å². The molecule has 1 aliphatic carbocycles. The zero-order valence-corrected chi connectivity index (χ0v) is 12.1. The number of nitrogens with zero attached hydrogens (tertiary/aromatic N) is 2. The molecule has 0 bridgehead atoms. The summed E-state index contributed by atoms with van der Waals surface area (Å²) in [6.07, 6.45) is 3.66. The number of rotatable bonds is 6. The van der Waals surface area contributed by atoms with Crippen LogP contribution in [0.3, 0.4) is 0 Å². The Hall–Kier alpha value is -1.18. The van der Waals surface area contributed by atoms with Crippen molar-refractivity contribution in [2.75, 3.05) is 32.5 Å². The van der Waals surface area contributed by atoms with Gasteiger partial charge in [-0.3, -0.25) is 0 Å². The molecule has 1 aliphatic rings. The molecule has 7 heteroatoms. The fourth-order valence-corrected chi connectivity index (χ4v) is 2.60. The molecule has 106 valence electrons. The Morgan fingerprint density at radius 2 is 2.11 bits per heavy atom. The highest BCUT2D eigenvalue weighted by molar-refractivity contribution is 7.89. The van der Waals surface area contributed by atoms with Crippen molar-refractivity contribution in [2.24, 2.45) is 11.1 Å². The van der Waals surface area contributed by atoms with Crippen molar-refractivity contribution >= 4 is 15.8 Å². The molecule has 0 radical (unpaired) electrons. The summed E-state index contributed by atoms with van der Waals surface area (Å²) in [7, 11) is -0.407. The predicted octanol–water partition coefficient (Wildman–Crippen LogP) is 0.483. The van der Waals surface area contributed by atoms with Gasteiger partial charge in [0.15, 0.2) is 0 Å². The minimum Gasteiger partial charge on any atom is -0.369 e. The summed E-state index contributed by atoms with van der Waals surface area (Å²) in [6, 6.07) is 3.25. The van der Waals surface area contributed by atoms with Crippen LogP contribution < -0.4 is 11.1 Å². The summed E-state index contributed by atoms with van der Waals surface area (Å²) in [5.41, 5.74) is 5.92. The Morgan fingerprint density at radius 3 is 2.53 bits per heavy atom. The zero-order valence-electron chi connectivity index (χ0n) is 11.3. The number of hydrogen-bond acceptors (Lipinski definition) is 5. The van der Waals surface area contributed by atoms with Crippen molar-refractivity contribution in [3.8, 4) is 0 Å². The molecule has 0 atom stereocenters. The maximum atomic E-state index is 11.9. The molecule has 0 saturated heterocycles. The Balaban J connectivity index is 2.03. The van der Waals surface area contributed by atoms with Crippen LogP contribution in [-0.2, 0) is 10.0 Å². The summed E-state index contributed by atoms with van der Waals surface area (Å²) in [6.45, 7) is 1.46. The first-order valence-electron chi connectivity index (χ1n) is 6.22. The fraction of sp³-hybridized carbons (Fsp3) is 0.583. The quantitative estimate of drug-likeness (QED) is 0.793. The van der Waals surface area contributed by atoms with E-state index in [9.17, 15) is 8.42 Å². The third-order valence-corrected chi connectivity index (χ3v) is 5.35. The third-order valence-electron chi connectivity index (χ3n) is 3.55. The van der Waals surface area contributed by atoms with Crippen molar-refractivity contribution in [3.05, 3.63) is 18.3 Å². The molecule has 0 spiro atoms. The van der Waals surface area contributed by atoms with Gasteiger partial charge in [0.25, 0.3) is 0 Å². The van der Waals surface area contributed by atoms with Crippen LogP contribution in [-0.4, -0.2) is 44.9 Å². The van der Waals surface area contributed by atoms with E-state index < -0.39 is 10.0 Å². The summed E-state index contributed by atoms with van der Waals surface area (Å²) in [5.74, 6) is 0.678. The van der Waals surface area contributed by atoms with Gasteiger partial charge in [0.2, 0.25) is 10.0 Å². The van der Waals surface area contributed by atoms with E-state index in [-0.39, 0.29) is 10.3 Å². The SMILES string of the molecule is CN(C)S(=O)(=O)c1ccc(NCC2(CN)CC2)nc1. The number of hydrogen-bond donors (Lipinski definition) is 2. The number of nitrogens with two attached hydrogens (primary N) is 1. The highest BCUT2D eigenvalue weighted by Gasteiger charge is 2.40. The summed E-state index contributed by atoms with van der Waals surface area (Å²) < 4.78 is 24.9. The van der Waals surface area contributed by atoms with Gasteiger partial charge in [-0.1, -0.05) is 0 Å². The highest BCUT2D eigenvalue weighted by atomic mass is 32.2. The third kappa shape index (κ3) is 3.05. The Bertz CT molecular complexity index is 535.